The summed E-state index contributed by atoms with van der Waals surface area (Å²) in [6.45, 7) is 4.55. The molecule has 0 unspecified atom stereocenters. The largest absolute Gasteiger partial charge is 0.497 e. The summed E-state index contributed by atoms with van der Waals surface area (Å²) in [5.41, 5.74) is 8.07. The topological polar surface area (TPSA) is 60.6 Å². The number of halogens is 1. The van der Waals surface area contributed by atoms with Crippen LogP contribution < -0.4 is 15.2 Å². The number of nitrogens with two attached hydrogens (primary N) is 1. The molecule has 0 spiro atoms. The highest BCUT2D eigenvalue weighted by molar-refractivity contribution is 9.10. The van der Waals surface area contributed by atoms with Crippen molar-refractivity contribution in [2.75, 3.05) is 19.4 Å². The maximum atomic E-state index is 6.14. The summed E-state index contributed by atoms with van der Waals surface area (Å²) in [7, 11) is 1.68. The van der Waals surface area contributed by atoms with Crippen LogP contribution in [0.5, 0.6) is 11.5 Å². The summed E-state index contributed by atoms with van der Waals surface area (Å²) in [4.78, 5) is 6.85. The molecule has 0 amide bonds. The summed E-state index contributed by atoms with van der Waals surface area (Å²) in [5, 5.41) is 0. The SMILES string of the molecule is CC[C@@H]1CN(Cc2ccc(OC)cc2)Cc2nc(N)c(Br)cc2O1. The number of fused-ring (bicyclic) bond motifs is 1. The van der Waals surface area contributed by atoms with E-state index in [9.17, 15) is 0 Å². The van der Waals surface area contributed by atoms with Crippen LogP contribution in [0.4, 0.5) is 5.82 Å². The summed E-state index contributed by atoms with van der Waals surface area (Å²) in [5.74, 6) is 2.19. The maximum absolute atomic E-state index is 6.14. The number of hydrogen-bond acceptors (Lipinski definition) is 5. The third kappa shape index (κ3) is 3.82. The molecular weight excluding hydrogens is 370 g/mol. The van der Waals surface area contributed by atoms with Gasteiger partial charge in [-0.25, -0.2) is 4.98 Å². The van der Waals surface area contributed by atoms with Gasteiger partial charge in [0.1, 0.15) is 23.4 Å². The number of anilines is 1. The van der Waals surface area contributed by atoms with Crippen LogP contribution in [-0.4, -0.2) is 29.6 Å². The van der Waals surface area contributed by atoms with Gasteiger partial charge in [0.25, 0.3) is 0 Å². The molecule has 3 rings (SSSR count). The van der Waals surface area contributed by atoms with Gasteiger partial charge >= 0.3 is 0 Å². The molecule has 24 heavy (non-hydrogen) atoms. The predicted octanol–water partition coefficient (Wildman–Crippen LogP) is 3.61. The zero-order chi connectivity index (χ0) is 17.1. The zero-order valence-corrected chi connectivity index (χ0v) is 15.5. The minimum Gasteiger partial charge on any atom is -0.497 e. The number of nitrogen functional groups attached to an aromatic ring is 1. The summed E-state index contributed by atoms with van der Waals surface area (Å²) < 4.78 is 12.1. The van der Waals surface area contributed by atoms with E-state index in [0.29, 0.717) is 5.82 Å². The van der Waals surface area contributed by atoms with E-state index in [-0.39, 0.29) is 6.10 Å². The molecule has 0 radical (unpaired) electrons. The van der Waals surface area contributed by atoms with Crippen LogP contribution in [0.25, 0.3) is 0 Å². The lowest BCUT2D eigenvalue weighted by Gasteiger charge is -2.23. The average molecular weight is 392 g/mol. The van der Waals surface area contributed by atoms with Gasteiger partial charge in [0.05, 0.1) is 17.3 Å². The quantitative estimate of drug-likeness (QED) is 0.862. The van der Waals surface area contributed by atoms with Crippen molar-refractivity contribution >= 4 is 21.7 Å². The molecule has 0 fully saturated rings. The minimum atomic E-state index is 0.141. The first kappa shape index (κ1) is 17.0. The Hall–Kier alpha value is -1.79. The first-order valence-electron chi connectivity index (χ1n) is 8.06. The highest BCUT2D eigenvalue weighted by Crippen LogP contribution is 2.31. The molecule has 2 aromatic rings. The van der Waals surface area contributed by atoms with Crippen molar-refractivity contribution < 1.29 is 9.47 Å². The van der Waals surface area contributed by atoms with Gasteiger partial charge in [0.2, 0.25) is 0 Å². The van der Waals surface area contributed by atoms with E-state index in [4.69, 9.17) is 15.2 Å². The Morgan fingerprint density at radius 2 is 2.12 bits per heavy atom. The molecule has 1 aliphatic heterocycles. The number of rotatable bonds is 4. The monoisotopic (exact) mass is 391 g/mol. The van der Waals surface area contributed by atoms with Crippen molar-refractivity contribution in [3.05, 3.63) is 46.1 Å². The fraction of sp³-hybridized carbons (Fsp3) is 0.389. The van der Waals surface area contributed by atoms with E-state index in [1.54, 1.807) is 7.11 Å². The average Bonchev–Trinajstić information content (AvgIpc) is 2.75. The molecule has 128 valence electrons. The Morgan fingerprint density at radius 3 is 2.79 bits per heavy atom. The molecule has 2 heterocycles. The number of pyridine rings is 1. The second-order valence-corrected chi connectivity index (χ2v) is 6.82. The molecule has 0 saturated heterocycles. The van der Waals surface area contributed by atoms with Gasteiger partial charge in [-0.1, -0.05) is 19.1 Å². The normalized spacial score (nSPS) is 17.7. The van der Waals surface area contributed by atoms with Crippen LogP contribution in [0.2, 0.25) is 0 Å². The number of benzene rings is 1. The summed E-state index contributed by atoms with van der Waals surface area (Å²) in [6, 6.07) is 10.1. The van der Waals surface area contributed by atoms with Crippen molar-refractivity contribution in [2.45, 2.75) is 32.5 Å². The van der Waals surface area contributed by atoms with Gasteiger partial charge in [-0.05, 0) is 40.0 Å². The Kier molecular flexibility index (Phi) is 5.26. The van der Waals surface area contributed by atoms with Crippen molar-refractivity contribution in [1.82, 2.24) is 9.88 Å². The molecule has 1 aliphatic rings. The molecule has 2 N–H and O–H groups in total. The number of nitrogens with zero attached hydrogens (tertiary/aromatic N) is 2. The Labute approximate surface area is 150 Å². The van der Waals surface area contributed by atoms with Gasteiger partial charge in [-0.2, -0.15) is 0 Å². The number of hydrogen-bond donors (Lipinski definition) is 1. The van der Waals surface area contributed by atoms with Crippen molar-refractivity contribution in [2.24, 2.45) is 0 Å². The van der Waals surface area contributed by atoms with E-state index in [1.165, 1.54) is 5.56 Å². The van der Waals surface area contributed by atoms with E-state index in [1.807, 2.05) is 18.2 Å². The van der Waals surface area contributed by atoms with Crippen LogP contribution >= 0.6 is 15.9 Å². The van der Waals surface area contributed by atoms with Crippen molar-refractivity contribution in [3.8, 4) is 11.5 Å². The van der Waals surface area contributed by atoms with Gasteiger partial charge in [-0.15, -0.1) is 0 Å². The molecule has 0 bridgehead atoms. The van der Waals surface area contributed by atoms with E-state index in [0.717, 1.165) is 47.7 Å². The first-order chi connectivity index (χ1) is 11.6. The molecule has 0 aliphatic carbocycles. The first-order valence-corrected chi connectivity index (χ1v) is 8.85. The fourth-order valence-corrected chi connectivity index (χ4v) is 3.14. The van der Waals surface area contributed by atoms with Crippen LogP contribution in [0, 0.1) is 0 Å². The summed E-state index contributed by atoms with van der Waals surface area (Å²) in [6.07, 6.45) is 1.09. The number of aromatic nitrogens is 1. The summed E-state index contributed by atoms with van der Waals surface area (Å²) >= 11 is 3.43. The zero-order valence-electron chi connectivity index (χ0n) is 14.0. The molecule has 1 aromatic carbocycles. The lowest BCUT2D eigenvalue weighted by molar-refractivity contribution is 0.139. The highest BCUT2D eigenvalue weighted by atomic mass is 79.9. The van der Waals surface area contributed by atoms with Crippen LogP contribution in [0.3, 0.4) is 0 Å². The van der Waals surface area contributed by atoms with E-state index >= 15 is 0 Å². The molecule has 5 nitrogen and oxygen atoms in total. The highest BCUT2D eigenvalue weighted by Gasteiger charge is 2.24. The molecular formula is C18H22BrN3O2. The third-order valence-electron chi connectivity index (χ3n) is 4.19. The third-order valence-corrected chi connectivity index (χ3v) is 4.83. The van der Waals surface area contributed by atoms with Crippen LogP contribution in [-0.2, 0) is 13.1 Å². The second kappa shape index (κ2) is 7.40. The van der Waals surface area contributed by atoms with Crippen LogP contribution in [0.15, 0.2) is 34.8 Å². The Bertz CT molecular complexity index is 706. The fourth-order valence-electron chi connectivity index (χ4n) is 2.84. The van der Waals surface area contributed by atoms with E-state index < -0.39 is 0 Å². The molecule has 6 heteroatoms. The smallest absolute Gasteiger partial charge is 0.143 e. The molecule has 0 saturated carbocycles. The minimum absolute atomic E-state index is 0.141. The van der Waals surface area contributed by atoms with Crippen molar-refractivity contribution in [3.63, 3.8) is 0 Å². The van der Waals surface area contributed by atoms with Gasteiger partial charge in [0, 0.05) is 25.7 Å². The van der Waals surface area contributed by atoms with Crippen LogP contribution in [0.1, 0.15) is 24.6 Å². The number of methoxy groups -OCH3 is 1. The van der Waals surface area contributed by atoms with Gasteiger partial charge in [0.15, 0.2) is 0 Å². The maximum Gasteiger partial charge on any atom is 0.143 e. The van der Waals surface area contributed by atoms with Gasteiger partial charge in [-0.3, -0.25) is 4.90 Å². The standard InChI is InChI=1S/C18H22BrN3O2/c1-3-13-10-22(9-12-4-6-14(23-2)7-5-12)11-16-17(24-13)8-15(19)18(20)21-16/h4-8,13H,3,9-11H2,1-2H3,(H2,20,21)/t13-/m1/s1. The lowest BCUT2D eigenvalue weighted by atomic mass is 10.2. The number of ether oxygens (including phenoxy) is 2. The van der Waals surface area contributed by atoms with Gasteiger partial charge < -0.3 is 15.2 Å². The van der Waals surface area contributed by atoms with Crippen molar-refractivity contribution in [1.29, 1.82) is 0 Å². The molecule has 1 atom stereocenters. The van der Waals surface area contributed by atoms with E-state index in [2.05, 4.69) is 44.9 Å². The molecule has 1 aromatic heterocycles. The Morgan fingerprint density at radius 1 is 1.38 bits per heavy atom. The Balaban J connectivity index is 1.83. The predicted molar refractivity (Wildman–Crippen MR) is 98.2 cm³/mol. The second-order valence-electron chi connectivity index (χ2n) is 5.97. The lowest BCUT2D eigenvalue weighted by Crippen LogP contribution is -2.32.